The Morgan fingerprint density at radius 2 is 1.96 bits per heavy atom. The number of Topliss-reactive ketones (excluding diaryl/α,β-unsaturated/α-hetero) is 1. The Kier molecular flexibility index (Phi) is 11.9. The second kappa shape index (κ2) is 12.4. The van der Waals surface area contributed by atoms with E-state index in [2.05, 4.69) is 21.2 Å². The van der Waals surface area contributed by atoms with E-state index >= 15 is 0 Å². The molecule has 0 atom stereocenters. The molecule has 1 N–H and O–H groups in total. The van der Waals surface area contributed by atoms with Crippen molar-refractivity contribution >= 4 is 39.7 Å². The smallest absolute Gasteiger partial charge is 0.207 e. The van der Waals surface area contributed by atoms with Crippen LogP contribution in [-0.4, -0.2) is 44.7 Å². The van der Waals surface area contributed by atoms with E-state index in [-0.39, 0.29) is 18.0 Å². The lowest BCUT2D eigenvalue weighted by Crippen LogP contribution is -2.16. The first-order valence-electron chi connectivity index (χ1n) is 7.49. The van der Waals surface area contributed by atoms with Crippen LogP contribution in [0.4, 0.5) is 0 Å². The summed E-state index contributed by atoms with van der Waals surface area (Å²) in [6.45, 7) is 7.04. The van der Waals surface area contributed by atoms with Crippen LogP contribution in [0.25, 0.3) is 0 Å². The van der Waals surface area contributed by atoms with Gasteiger partial charge in [-0.3, -0.25) is 9.59 Å². The van der Waals surface area contributed by atoms with E-state index in [9.17, 15) is 9.59 Å². The number of hydrogen-bond donors (Lipinski definition) is 1. The zero-order valence-electron chi connectivity index (χ0n) is 14.5. The Bertz CT molecular complexity index is 498. The van der Waals surface area contributed by atoms with Crippen molar-refractivity contribution in [1.29, 1.82) is 0 Å². The summed E-state index contributed by atoms with van der Waals surface area (Å²) in [5.41, 5.74) is 0.556. The molecule has 1 aromatic carbocycles. The van der Waals surface area contributed by atoms with E-state index in [0.29, 0.717) is 36.6 Å². The molecule has 0 unspecified atom stereocenters. The maximum Gasteiger partial charge on any atom is 0.207 e. The van der Waals surface area contributed by atoms with Crippen LogP contribution in [0, 0.1) is 0 Å². The van der Waals surface area contributed by atoms with Crippen LogP contribution < -0.4 is 5.32 Å². The van der Waals surface area contributed by atoms with Crippen LogP contribution in [0.3, 0.4) is 0 Å². The Hall–Kier alpha value is -0.950. The van der Waals surface area contributed by atoms with Gasteiger partial charge in [-0.25, -0.2) is 0 Å². The Balaban J connectivity index is 0.000000754. The summed E-state index contributed by atoms with van der Waals surface area (Å²) >= 11 is 9.12. The average molecular weight is 423 g/mol. The van der Waals surface area contributed by atoms with Crippen molar-refractivity contribution in [1.82, 2.24) is 5.32 Å². The number of carbonyl (C=O) groups excluding carboxylic acids is 2. The molecule has 24 heavy (non-hydrogen) atoms. The Morgan fingerprint density at radius 3 is 2.46 bits per heavy atom. The summed E-state index contributed by atoms with van der Waals surface area (Å²) in [5.74, 6) is -0.124. The third-order valence-corrected chi connectivity index (χ3v) is 3.40. The van der Waals surface area contributed by atoms with Crippen LogP contribution >= 0.6 is 27.5 Å². The highest BCUT2D eigenvalue weighted by Crippen LogP contribution is 2.19. The molecule has 0 aliphatic carbocycles. The second-order valence-electron chi connectivity index (χ2n) is 5.88. The molecule has 1 amide bonds. The van der Waals surface area contributed by atoms with E-state index in [1.54, 1.807) is 25.3 Å². The minimum atomic E-state index is -0.124. The van der Waals surface area contributed by atoms with Gasteiger partial charge in [0.1, 0.15) is 6.61 Å². The zero-order valence-corrected chi connectivity index (χ0v) is 16.9. The van der Waals surface area contributed by atoms with Crippen LogP contribution in [0.2, 0.25) is 5.02 Å². The predicted molar refractivity (Wildman–Crippen MR) is 99.7 cm³/mol. The molecular weight excluding hydrogens is 398 g/mol. The van der Waals surface area contributed by atoms with Gasteiger partial charge >= 0.3 is 0 Å². The fraction of sp³-hybridized carbons (Fsp3) is 0.529. The molecule has 1 aromatic rings. The lowest BCUT2D eigenvalue weighted by Gasteiger charge is -2.14. The molecule has 0 heterocycles. The monoisotopic (exact) mass is 421 g/mol. The molecule has 7 heteroatoms. The van der Waals surface area contributed by atoms with Gasteiger partial charge in [-0.1, -0.05) is 27.5 Å². The quantitative estimate of drug-likeness (QED) is 0.392. The fourth-order valence-corrected chi connectivity index (χ4v) is 2.16. The van der Waals surface area contributed by atoms with Crippen molar-refractivity contribution in [2.45, 2.75) is 32.8 Å². The van der Waals surface area contributed by atoms with Gasteiger partial charge in [-0.2, -0.15) is 0 Å². The summed E-state index contributed by atoms with van der Waals surface area (Å²) < 4.78 is 10.9. The lowest BCUT2D eigenvalue weighted by molar-refractivity contribution is -0.109. The van der Waals surface area contributed by atoms with E-state index in [0.717, 1.165) is 4.47 Å². The molecule has 5 nitrogen and oxygen atoms in total. The maximum absolute atomic E-state index is 11.8. The van der Waals surface area contributed by atoms with Crippen molar-refractivity contribution in [3.05, 3.63) is 33.3 Å². The summed E-state index contributed by atoms with van der Waals surface area (Å²) in [6.07, 6.45) is 1.31. The van der Waals surface area contributed by atoms with Gasteiger partial charge in [0.15, 0.2) is 5.78 Å². The lowest BCUT2D eigenvalue weighted by atomic mass is 10.1. The van der Waals surface area contributed by atoms with E-state index < -0.39 is 0 Å². The highest BCUT2D eigenvalue weighted by atomic mass is 79.9. The number of rotatable bonds is 8. The topological polar surface area (TPSA) is 64.6 Å². The van der Waals surface area contributed by atoms with Gasteiger partial charge in [-0.05, 0) is 45.4 Å². The van der Waals surface area contributed by atoms with Gasteiger partial charge in [0.05, 0.1) is 5.60 Å². The van der Waals surface area contributed by atoms with E-state index in [1.807, 2.05) is 20.8 Å². The average Bonchev–Trinajstić information content (AvgIpc) is 2.49. The normalized spacial score (nSPS) is 10.6. The number of hydrogen-bond acceptors (Lipinski definition) is 4. The summed E-state index contributed by atoms with van der Waals surface area (Å²) in [7, 11) is 1.71. The molecule has 0 saturated heterocycles. The highest BCUT2D eigenvalue weighted by Gasteiger charge is 2.08. The second-order valence-corrected chi connectivity index (χ2v) is 7.23. The molecule has 0 aliphatic rings. The first kappa shape index (κ1) is 23.1. The van der Waals surface area contributed by atoms with Crippen LogP contribution in [-0.2, 0) is 14.3 Å². The molecule has 0 aromatic heterocycles. The molecule has 0 spiro atoms. The number of methoxy groups -OCH3 is 1. The molecule has 0 radical (unpaired) electrons. The number of carbonyl (C=O) groups is 2. The third-order valence-electron chi connectivity index (χ3n) is 2.72. The standard InChI is InChI=1S/C12H13BrClNO3.C5H12O/c13-10-4-9(5-11(14)6-10)12(17)7-18-3-1-2-15-8-16;1-5(2,3)6-4/h4-6,8H,1-3,7H2,(H,15,16);1-4H3. The minimum Gasteiger partial charge on any atom is -0.379 e. The van der Waals surface area contributed by atoms with Gasteiger partial charge in [0, 0.05) is 35.3 Å². The SMILES string of the molecule is COC(C)(C)C.O=CNCCCOCC(=O)c1cc(Cl)cc(Br)c1. The van der Waals surface area contributed by atoms with Crippen molar-refractivity contribution < 1.29 is 19.1 Å². The van der Waals surface area contributed by atoms with Crippen LogP contribution in [0.15, 0.2) is 22.7 Å². The first-order chi connectivity index (χ1) is 11.2. The molecule has 0 aliphatic heterocycles. The molecule has 0 fully saturated rings. The van der Waals surface area contributed by atoms with Crippen molar-refractivity contribution in [2.24, 2.45) is 0 Å². The predicted octanol–water partition coefficient (Wildman–Crippen LogP) is 3.87. The van der Waals surface area contributed by atoms with Gasteiger partial charge < -0.3 is 14.8 Å². The summed E-state index contributed by atoms with van der Waals surface area (Å²) in [6, 6.07) is 5.02. The largest absolute Gasteiger partial charge is 0.379 e. The summed E-state index contributed by atoms with van der Waals surface area (Å²) in [5, 5.41) is 3.02. The number of amides is 1. The van der Waals surface area contributed by atoms with Crippen molar-refractivity contribution in [3.63, 3.8) is 0 Å². The fourth-order valence-electron chi connectivity index (χ4n) is 1.30. The van der Waals surface area contributed by atoms with Gasteiger partial charge in [0.2, 0.25) is 6.41 Å². The first-order valence-corrected chi connectivity index (χ1v) is 8.66. The number of benzene rings is 1. The number of ether oxygens (including phenoxy) is 2. The molecule has 1 rings (SSSR count). The van der Waals surface area contributed by atoms with Crippen molar-refractivity contribution in [3.8, 4) is 0 Å². The molecular formula is C17H25BrClNO4. The minimum absolute atomic E-state index is 0.00781. The molecule has 0 bridgehead atoms. The maximum atomic E-state index is 11.8. The van der Waals surface area contributed by atoms with E-state index in [1.165, 1.54) is 0 Å². The molecule has 0 saturated carbocycles. The summed E-state index contributed by atoms with van der Waals surface area (Å²) in [4.78, 5) is 21.7. The van der Waals surface area contributed by atoms with Gasteiger partial charge in [-0.15, -0.1) is 0 Å². The Morgan fingerprint density at radius 1 is 1.33 bits per heavy atom. The van der Waals surface area contributed by atoms with Crippen molar-refractivity contribution in [2.75, 3.05) is 26.9 Å². The Labute approximate surface area is 157 Å². The highest BCUT2D eigenvalue weighted by molar-refractivity contribution is 9.10. The number of nitrogens with one attached hydrogen (secondary N) is 1. The zero-order chi connectivity index (χ0) is 18.6. The van der Waals surface area contributed by atoms with E-state index in [4.69, 9.17) is 21.1 Å². The number of ketones is 1. The molecule has 136 valence electrons. The van der Waals surface area contributed by atoms with Crippen LogP contribution in [0.1, 0.15) is 37.6 Å². The number of halogens is 2. The van der Waals surface area contributed by atoms with Crippen LogP contribution in [0.5, 0.6) is 0 Å². The third kappa shape index (κ3) is 12.5. The van der Waals surface area contributed by atoms with Gasteiger partial charge in [0.25, 0.3) is 0 Å².